The molecule has 0 saturated heterocycles. The van der Waals surface area contributed by atoms with E-state index in [1.807, 2.05) is 0 Å². The van der Waals surface area contributed by atoms with Crippen LogP contribution in [-0.2, 0) is 6.42 Å². The standard InChI is InChI=1S/C19H33N/c1-6-8-9-10-17(7-2)19(20)13-18-15(4)11-14(3)12-16(18)5/h11-12,17,19H,6-10,13,20H2,1-5H3. The molecule has 1 rings (SSSR count). The summed E-state index contributed by atoms with van der Waals surface area (Å²) in [7, 11) is 0. The highest BCUT2D eigenvalue weighted by atomic mass is 14.6. The molecule has 0 aliphatic heterocycles. The van der Waals surface area contributed by atoms with Crippen molar-refractivity contribution in [2.45, 2.75) is 79.2 Å². The molecule has 1 aromatic rings. The zero-order valence-electron chi connectivity index (χ0n) is 14.1. The first kappa shape index (κ1) is 17.2. The highest BCUT2D eigenvalue weighted by molar-refractivity contribution is 5.38. The third-order valence-electron chi connectivity index (χ3n) is 4.59. The molecule has 1 heteroatoms. The quantitative estimate of drug-likeness (QED) is 0.657. The fourth-order valence-electron chi connectivity index (χ4n) is 3.31. The molecule has 1 aromatic carbocycles. The molecule has 114 valence electrons. The fourth-order valence-corrected chi connectivity index (χ4v) is 3.31. The van der Waals surface area contributed by atoms with Crippen LogP contribution in [0.1, 0.15) is 68.2 Å². The second-order valence-electron chi connectivity index (χ2n) is 6.41. The van der Waals surface area contributed by atoms with Crippen LogP contribution in [0.3, 0.4) is 0 Å². The van der Waals surface area contributed by atoms with Gasteiger partial charge in [-0.05, 0) is 56.2 Å². The Morgan fingerprint density at radius 3 is 2.10 bits per heavy atom. The fraction of sp³-hybridized carbons (Fsp3) is 0.684. The van der Waals surface area contributed by atoms with Crippen molar-refractivity contribution in [1.29, 1.82) is 0 Å². The number of unbranched alkanes of at least 4 members (excludes halogenated alkanes) is 2. The summed E-state index contributed by atoms with van der Waals surface area (Å²) in [5, 5.41) is 0. The minimum Gasteiger partial charge on any atom is -0.327 e. The summed E-state index contributed by atoms with van der Waals surface area (Å²) in [6.45, 7) is 11.2. The molecular formula is C19H33N. The summed E-state index contributed by atoms with van der Waals surface area (Å²) in [5.41, 5.74) is 12.2. The summed E-state index contributed by atoms with van der Waals surface area (Å²) < 4.78 is 0. The predicted molar refractivity (Wildman–Crippen MR) is 90.3 cm³/mol. The molecule has 0 aliphatic rings. The number of benzene rings is 1. The molecule has 0 bridgehead atoms. The third kappa shape index (κ3) is 4.94. The van der Waals surface area contributed by atoms with Gasteiger partial charge < -0.3 is 5.73 Å². The second kappa shape index (κ2) is 8.46. The first-order chi connectivity index (χ1) is 9.49. The van der Waals surface area contributed by atoms with E-state index >= 15 is 0 Å². The van der Waals surface area contributed by atoms with E-state index in [0.717, 1.165) is 6.42 Å². The molecule has 20 heavy (non-hydrogen) atoms. The summed E-state index contributed by atoms with van der Waals surface area (Å²) >= 11 is 0. The van der Waals surface area contributed by atoms with Gasteiger partial charge in [-0.25, -0.2) is 0 Å². The van der Waals surface area contributed by atoms with Gasteiger partial charge in [0.25, 0.3) is 0 Å². The third-order valence-corrected chi connectivity index (χ3v) is 4.59. The van der Waals surface area contributed by atoms with Gasteiger partial charge in [-0.15, -0.1) is 0 Å². The van der Waals surface area contributed by atoms with E-state index < -0.39 is 0 Å². The van der Waals surface area contributed by atoms with Gasteiger partial charge in [0.1, 0.15) is 0 Å². The molecular weight excluding hydrogens is 242 g/mol. The van der Waals surface area contributed by atoms with Crippen molar-refractivity contribution in [2.75, 3.05) is 0 Å². The second-order valence-corrected chi connectivity index (χ2v) is 6.41. The largest absolute Gasteiger partial charge is 0.327 e. The van der Waals surface area contributed by atoms with Crippen molar-refractivity contribution in [3.05, 3.63) is 34.4 Å². The van der Waals surface area contributed by atoms with Crippen molar-refractivity contribution in [3.63, 3.8) is 0 Å². The molecule has 0 heterocycles. The minimum absolute atomic E-state index is 0.303. The molecule has 0 spiro atoms. The van der Waals surface area contributed by atoms with E-state index in [-0.39, 0.29) is 0 Å². The van der Waals surface area contributed by atoms with E-state index in [1.165, 1.54) is 54.4 Å². The van der Waals surface area contributed by atoms with Crippen LogP contribution in [0, 0.1) is 26.7 Å². The van der Waals surface area contributed by atoms with E-state index in [4.69, 9.17) is 5.73 Å². The normalized spacial score (nSPS) is 14.3. The average molecular weight is 275 g/mol. The Balaban J connectivity index is 2.70. The van der Waals surface area contributed by atoms with Crippen LogP contribution in [0.2, 0.25) is 0 Å². The average Bonchev–Trinajstić information content (AvgIpc) is 2.38. The topological polar surface area (TPSA) is 26.0 Å². The van der Waals surface area contributed by atoms with Crippen molar-refractivity contribution in [1.82, 2.24) is 0 Å². The number of hydrogen-bond acceptors (Lipinski definition) is 1. The van der Waals surface area contributed by atoms with Crippen molar-refractivity contribution >= 4 is 0 Å². The lowest BCUT2D eigenvalue weighted by Crippen LogP contribution is -2.32. The molecule has 0 aliphatic carbocycles. The maximum atomic E-state index is 6.52. The maximum Gasteiger partial charge on any atom is 0.0108 e. The first-order valence-corrected chi connectivity index (χ1v) is 8.31. The first-order valence-electron chi connectivity index (χ1n) is 8.31. The smallest absolute Gasteiger partial charge is 0.0108 e. The lowest BCUT2D eigenvalue weighted by atomic mass is 9.85. The van der Waals surface area contributed by atoms with Crippen LogP contribution in [0.4, 0.5) is 0 Å². The van der Waals surface area contributed by atoms with Gasteiger partial charge >= 0.3 is 0 Å². The lowest BCUT2D eigenvalue weighted by molar-refractivity contribution is 0.365. The molecule has 2 unspecified atom stereocenters. The van der Waals surface area contributed by atoms with E-state index in [9.17, 15) is 0 Å². The Kier molecular flexibility index (Phi) is 7.29. The molecule has 0 amide bonds. The number of aryl methyl sites for hydroxylation is 3. The Morgan fingerprint density at radius 2 is 1.60 bits per heavy atom. The van der Waals surface area contributed by atoms with Crippen LogP contribution < -0.4 is 5.73 Å². The number of rotatable bonds is 8. The van der Waals surface area contributed by atoms with Gasteiger partial charge in [0.2, 0.25) is 0 Å². The Hall–Kier alpha value is -0.820. The van der Waals surface area contributed by atoms with E-state index in [2.05, 4.69) is 46.8 Å². The number of hydrogen-bond donors (Lipinski definition) is 1. The van der Waals surface area contributed by atoms with Crippen molar-refractivity contribution in [2.24, 2.45) is 11.7 Å². The van der Waals surface area contributed by atoms with E-state index in [0.29, 0.717) is 12.0 Å². The summed E-state index contributed by atoms with van der Waals surface area (Å²) in [4.78, 5) is 0. The predicted octanol–water partition coefficient (Wildman–Crippen LogP) is 5.09. The van der Waals surface area contributed by atoms with Crippen LogP contribution in [0.5, 0.6) is 0 Å². The molecule has 1 nitrogen and oxygen atoms in total. The Labute approximate surface area is 126 Å². The van der Waals surface area contributed by atoms with Gasteiger partial charge in [-0.1, -0.05) is 57.2 Å². The zero-order chi connectivity index (χ0) is 15.1. The maximum absolute atomic E-state index is 6.52. The lowest BCUT2D eigenvalue weighted by Gasteiger charge is -2.24. The zero-order valence-corrected chi connectivity index (χ0v) is 14.1. The SMILES string of the molecule is CCCCCC(CC)C(N)Cc1c(C)cc(C)cc1C. The monoisotopic (exact) mass is 275 g/mol. The van der Waals surface area contributed by atoms with Gasteiger partial charge in [0.15, 0.2) is 0 Å². The van der Waals surface area contributed by atoms with Gasteiger partial charge in [-0.2, -0.15) is 0 Å². The molecule has 0 radical (unpaired) electrons. The minimum atomic E-state index is 0.303. The van der Waals surface area contributed by atoms with Gasteiger partial charge in [0.05, 0.1) is 0 Å². The van der Waals surface area contributed by atoms with Crippen LogP contribution in [0.15, 0.2) is 12.1 Å². The van der Waals surface area contributed by atoms with Crippen molar-refractivity contribution < 1.29 is 0 Å². The molecule has 0 saturated carbocycles. The molecule has 0 fully saturated rings. The summed E-state index contributed by atoms with van der Waals surface area (Å²) in [6.07, 6.45) is 7.48. The van der Waals surface area contributed by atoms with E-state index in [1.54, 1.807) is 0 Å². The highest BCUT2D eigenvalue weighted by Crippen LogP contribution is 2.23. The molecule has 2 atom stereocenters. The Bertz CT molecular complexity index is 385. The Morgan fingerprint density at radius 1 is 1.00 bits per heavy atom. The number of nitrogens with two attached hydrogens (primary N) is 1. The summed E-state index contributed by atoms with van der Waals surface area (Å²) in [5.74, 6) is 0.668. The van der Waals surface area contributed by atoms with Crippen LogP contribution >= 0.6 is 0 Å². The van der Waals surface area contributed by atoms with Crippen LogP contribution in [0.25, 0.3) is 0 Å². The van der Waals surface area contributed by atoms with Gasteiger partial charge in [0, 0.05) is 6.04 Å². The molecule has 2 N–H and O–H groups in total. The highest BCUT2D eigenvalue weighted by Gasteiger charge is 2.18. The van der Waals surface area contributed by atoms with Gasteiger partial charge in [-0.3, -0.25) is 0 Å². The van der Waals surface area contributed by atoms with Crippen molar-refractivity contribution in [3.8, 4) is 0 Å². The molecule has 0 aromatic heterocycles. The van der Waals surface area contributed by atoms with Crippen LogP contribution in [-0.4, -0.2) is 6.04 Å². The summed E-state index contributed by atoms with van der Waals surface area (Å²) in [6, 6.07) is 4.87.